The van der Waals surface area contributed by atoms with Gasteiger partial charge in [-0.2, -0.15) is 0 Å². The fourth-order valence-corrected chi connectivity index (χ4v) is 3.57. The Balaban J connectivity index is 1.92. The SMILES string of the molecule is C=CCN1C(=O)/C(=C/c2ccc(CC)cc2)S/C1=N/c1cccc(C)n1. The Kier molecular flexibility index (Phi) is 5.68. The number of hydrogen-bond acceptors (Lipinski definition) is 4. The molecule has 0 radical (unpaired) electrons. The quantitative estimate of drug-likeness (QED) is 0.569. The first-order valence-corrected chi connectivity index (χ1v) is 9.36. The molecule has 1 amide bonds. The first kappa shape index (κ1) is 18.1. The summed E-state index contributed by atoms with van der Waals surface area (Å²) in [6, 6.07) is 13.9. The monoisotopic (exact) mass is 363 g/mol. The summed E-state index contributed by atoms with van der Waals surface area (Å²) in [4.78, 5) is 24.0. The number of aromatic nitrogens is 1. The highest BCUT2D eigenvalue weighted by Crippen LogP contribution is 2.33. The third-order valence-corrected chi connectivity index (χ3v) is 4.98. The lowest BCUT2D eigenvalue weighted by molar-refractivity contribution is -0.121. The van der Waals surface area contributed by atoms with E-state index in [0.717, 1.165) is 17.7 Å². The Morgan fingerprint density at radius 2 is 2.00 bits per heavy atom. The van der Waals surface area contributed by atoms with Gasteiger partial charge in [-0.1, -0.05) is 43.3 Å². The third kappa shape index (κ3) is 4.11. The van der Waals surface area contributed by atoms with Crippen molar-refractivity contribution >= 4 is 34.7 Å². The minimum absolute atomic E-state index is 0.0547. The summed E-state index contributed by atoms with van der Waals surface area (Å²) >= 11 is 1.37. The Labute approximate surface area is 158 Å². The van der Waals surface area contributed by atoms with Crippen molar-refractivity contribution < 1.29 is 4.79 Å². The van der Waals surface area contributed by atoms with Crippen LogP contribution in [0, 0.1) is 6.92 Å². The maximum atomic E-state index is 12.8. The zero-order valence-corrected chi connectivity index (χ0v) is 15.8. The summed E-state index contributed by atoms with van der Waals surface area (Å²) in [7, 11) is 0. The topological polar surface area (TPSA) is 45.6 Å². The van der Waals surface area contributed by atoms with E-state index in [4.69, 9.17) is 0 Å². The summed E-state index contributed by atoms with van der Waals surface area (Å²) in [5, 5.41) is 0.629. The Bertz CT molecular complexity index is 884. The van der Waals surface area contributed by atoms with E-state index in [1.54, 1.807) is 11.0 Å². The van der Waals surface area contributed by atoms with Gasteiger partial charge in [-0.3, -0.25) is 9.69 Å². The number of hydrogen-bond donors (Lipinski definition) is 0. The van der Waals surface area contributed by atoms with Gasteiger partial charge in [0, 0.05) is 12.2 Å². The molecule has 0 bridgehead atoms. The summed E-state index contributed by atoms with van der Waals surface area (Å²) in [6.07, 6.45) is 4.61. The maximum Gasteiger partial charge on any atom is 0.267 e. The zero-order chi connectivity index (χ0) is 18.5. The largest absolute Gasteiger partial charge is 0.282 e. The zero-order valence-electron chi connectivity index (χ0n) is 15.0. The van der Waals surface area contributed by atoms with Crippen molar-refractivity contribution in [1.29, 1.82) is 0 Å². The molecule has 0 N–H and O–H groups in total. The van der Waals surface area contributed by atoms with Gasteiger partial charge in [-0.25, -0.2) is 9.98 Å². The molecule has 2 heterocycles. The van der Waals surface area contributed by atoms with Crippen molar-refractivity contribution in [2.75, 3.05) is 6.54 Å². The molecule has 1 aromatic carbocycles. The number of pyridine rings is 1. The predicted molar refractivity (Wildman–Crippen MR) is 109 cm³/mol. The van der Waals surface area contributed by atoms with E-state index in [0.29, 0.717) is 22.4 Å². The van der Waals surface area contributed by atoms with Gasteiger partial charge in [0.15, 0.2) is 11.0 Å². The molecule has 3 rings (SSSR count). The van der Waals surface area contributed by atoms with Crippen LogP contribution in [0.4, 0.5) is 5.82 Å². The highest BCUT2D eigenvalue weighted by molar-refractivity contribution is 8.18. The van der Waals surface area contributed by atoms with Crippen LogP contribution in [-0.4, -0.2) is 27.5 Å². The van der Waals surface area contributed by atoms with E-state index in [1.165, 1.54) is 17.3 Å². The number of benzene rings is 1. The number of carbonyl (C=O) groups excluding carboxylic acids is 1. The number of amidine groups is 1. The first-order valence-electron chi connectivity index (χ1n) is 8.54. The molecule has 0 saturated carbocycles. The normalized spacial score (nSPS) is 17.3. The van der Waals surface area contributed by atoms with Gasteiger partial charge >= 0.3 is 0 Å². The molecular formula is C21H21N3OS. The third-order valence-electron chi connectivity index (χ3n) is 3.97. The molecule has 1 aliphatic heterocycles. The Morgan fingerprint density at radius 3 is 2.65 bits per heavy atom. The van der Waals surface area contributed by atoms with Crippen LogP contribution in [0.2, 0.25) is 0 Å². The Hall–Kier alpha value is -2.66. The smallest absolute Gasteiger partial charge is 0.267 e. The van der Waals surface area contributed by atoms with Crippen molar-refractivity contribution in [2.24, 2.45) is 4.99 Å². The van der Waals surface area contributed by atoms with Crippen LogP contribution in [0.15, 0.2) is 65.0 Å². The van der Waals surface area contributed by atoms with Gasteiger partial charge in [0.1, 0.15) is 0 Å². The molecule has 0 aliphatic carbocycles. The number of aliphatic imine (C=N–C) groups is 1. The van der Waals surface area contributed by atoms with Crippen LogP contribution in [0.3, 0.4) is 0 Å². The average Bonchev–Trinajstić information content (AvgIpc) is 2.91. The lowest BCUT2D eigenvalue weighted by Crippen LogP contribution is -2.29. The molecule has 0 spiro atoms. The number of carbonyl (C=O) groups is 1. The first-order chi connectivity index (χ1) is 12.6. The predicted octanol–water partition coefficient (Wildman–Crippen LogP) is 4.74. The molecule has 0 unspecified atom stereocenters. The second-order valence-electron chi connectivity index (χ2n) is 5.94. The van der Waals surface area contributed by atoms with E-state index in [2.05, 4.69) is 35.6 Å². The van der Waals surface area contributed by atoms with Crippen LogP contribution < -0.4 is 0 Å². The van der Waals surface area contributed by atoms with Crippen LogP contribution >= 0.6 is 11.8 Å². The molecule has 26 heavy (non-hydrogen) atoms. The van der Waals surface area contributed by atoms with Crippen LogP contribution in [0.5, 0.6) is 0 Å². The van der Waals surface area contributed by atoms with Crippen molar-refractivity contribution in [3.8, 4) is 0 Å². The van der Waals surface area contributed by atoms with Crippen molar-refractivity contribution in [1.82, 2.24) is 9.88 Å². The van der Waals surface area contributed by atoms with E-state index in [-0.39, 0.29) is 5.91 Å². The van der Waals surface area contributed by atoms with Gasteiger partial charge in [-0.15, -0.1) is 6.58 Å². The van der Waals surface area contributed by atoms with Gasteiger partial charge in [0.05, 0.1) is 4.91 Å². The molecule has 132 valence electrons. The molecule has 2 aromatic rings. The minimum atomic E-state index is -0.0547. The summed E-state index contributed by atoms with van der Waals surface area (Å²) in [5.74, 6) is 0.545. The second-order valence-corrected chi connectivity index (χ2v) is 6.95. The molecular weight excluding hydrogens is 342 g/mol. The number of nitrogens with zero attached hydrogens (tertiary/aromatic N) is 3. The van der Waals surface area contributed by atoms with Gasteiger partial charge in [-0.05, 0) is 54.4 Å². The average molecular weight is 363 g/mol. The van der Waals surface area contributed by atoms with Gasteiger partial charge < -0.3 is 0 Å². The number of aryl methyl sites for hydroxylation is 2. The summed E-state index contributed by atoms with van der Waals surface area (Å²) < 4.78 is 0. The number of amides is 1. The number of rotatable bonds is 5. The van der Waals surface area contributed by atoms with Gasteiger partial charge in [0.2, 0.25) is 0 Å². The van der Waals surface area contributed by atoms with Crippen LogP contribution in [0.25, 0.3) is 6.08 Å². The highest BCUT2D eigenvalue weighted by atomic mass is 32.2. The van der Waals surface area contributed by atoms with Crippen molar-refractivity contribution in [2.45, 2.75) is 20.3 Å². The lowest BCUT2D eigenvalue weighted by atomic mass is 10.1. The molecule has 1 saturated heterocycles. The van der Waals surface area contributed by atoms with Crippen molar-refractivity contribution in [3.63, 3.8) is 0 Å². The Morgan fingerprint density at radius 1 is 1.23 bits per heavy atom. The van der Waals surface area contributed by atoms with Crippen LogP contribution in [0.1, 0.15) is 23.7 Å². The maximum absolute atomic E-state index is 12.8. The lowest BCUT2D eigenvalue weighted by Gasteiger charge is -2.12. The van der Waals surface area contributed by atoms with E-state index < -0.39 is 0 Å². The standard InChI is InChI=1S/C21H21N3OS/c1-4-13-24-20(25)18(14-17-11-9-16(5-2)10-12-17)26-21(24)23-19-8-6-7-15(3)22-19/h4,6-12,14H,1,5,13H2,2-3H3/b18-14-,23-21+. The fourth-order valence-electron chi connectivity index (χ4n) is 2.57. The summed E-state index contributed by atoms with van der Waals surface area (Å²) in [5.41, 5.74) is 3.17. The number of thioether (sulfide) groups is 1. The second kappa shape index (κ2) is 8.15. The van der Waals surface area contributed by atoms with Gasteiger partial charge in [0.25, 0.3) is 5.91 Å². The van der Waals surface area contributed by atoms with E-state index >= 15 is 0 Å². The molecule has 1 aliphatic rings. The minimum Gasteiger partial charge on any atom is -0.282 e. The fraction of sp³-hybridized carbons (Fsp3) is 0.190. The van der Waals surface area contributed by atoms with E-state index in [9.17, 15) is 4.79 Å². The van der Waals surface area contributed by atoms with E-state index in [1.807, 2.05) is 43.3 Å². The van der Waals surface area contributed by atoms with Crippen LogP contribution in [-0.2, 0) is 11.2 Å². The summed E-state index contributed by atoms with van der Waals surface area (Å²) in [6.45, 7) is 8.21. The molecule has 1 fully saturated rings. The highest BCUT2D eigenvalue weighted by Gasteiger charge is 2.32. The molecule has 1 aromatic heterocycles. The molecule has 5 heteroatoms. The molecule has 4 nitrogen and oxygen atoms in total. The molecule has 0 atom stereocenters. The van der Waals surface area contributed by atoms with Crippen molar-refractivity contribution in [3.05, 3.63) is 76.8 Å².